The normalized spacial score (nSPS) is 14.5. The average Bonchev–Trinajstić information content (AvgIpc) is 2.36. The van der Waals surface area contributed by atoms with Crippen molar-refractivity contribution in [2.24, 2.45) is 5.92 Å². The van der Waals surface area contributed by atoms with Crippen LogP contribution in [0, 0.1) is 5.92 Å². The Labute approximate surface area is 123 Å². The smallest absolute Gasteiger partial charge is 0.0548 e. The van der Waals surface area contributed by atoms with E-state index < -0.39 is 0 Å². The number of hydrogen-bond donors (Lipinski definition) is 1. The third-order valence-corrected chi connectivity index (χ3v) is 4.29. The second-order valence-electron chi connectivity index (χ2n) is 4.47. The Morgan fingerprint density at radius 3 is 2.72 bits per heavy atom. The molecular formula is C14H21BrClNO. The molecule has 0 amide bonds. The molecule has 18 heavy (non-hydrogen) atoms. The number of methoxy groups -OCH3 is 1. The van der Waals surface area contributed by atoms with Gasteiger partial charge in [0, 0.05) is 24.2 Å². The maximum Gasteiger partial charge on any atom is 0.0548 e. The highest BCUT2D eigenvalue weighted by atomic mass is 79.9. The van der Waals surface area contributed by atoms with E-state index in [1.807, 2.05) is 6.07 Å². The van der Waals surface area contributed by atoms with E-state index in [1.165, 1.54) is 5.56 Å². The summed E-state index contributed by atoms with van der Waals surface area (Å²) in [6.45, 7) is 6.11. The number of hydrogen-bond acceptors (Lipinski definition) is 2. The molecule has 1 rings (SSSR count). The van der Waals surface area contributed by atoms with Gasteiger partial charge in [0.2, 0.25) is 0 Å². The lowest BCUT2D eigenvalue weighted by Gasteiger charge is -2.25. The Bertz CT molecular complexity index is 373. The van der Waals surface area contributed by atoms with Crippen LogP contribution in [0.4, 0.5) is 0 Å². The van der Waals surface area contributed by atoms with Gasteiger partial charge in [-0.25, -0.2) is 0 Å². The van der Waals surface area contributed by atoms with Crippen molar-refractivity contribution in [1.82, 2.24) is 5.32 Å². The van der Waals surface area contributed by atoms with Gasteiger partial charge >= 0.3 is 0 Å². The second-order valence-corrected chi connectivity index (χ2v) is 5.73. The molecule has 0 fully saturated rings. The molecule has 1 aromatic rings. The monoisotopic (exact) mass is 333 g/mol. The molecule has 0 spiro atoms. The van der Waals surface area contributed by atoms with Crippen LogP contribution >= 0.6 is 27.5 Å². The topological polar surface area (TPSA) is 21.3 Å². The fraction of sp³-hybridized carbons (Fsp3) is 0.571. The highest BCUT2D eigenvalue weighted by Gasteiger charge is 2.18. The zero-order chi connectivity index (χ0) is 13.5. The largest absolute Gasteiger partial charge is 0.385 e. The van der Waals surface area contributed by atoms with Gasteiger partial charge in [-0.1, -0.05) is 31.5 Å². The Kier molecular flexibility index (Phi) is 7.23. The molecule has 0 radical (unpaired) electrons. The first-order valence-corrected chi connectivity index (χ1v) is 7.44. The molecule has 0 bridgehead atoms. The lowest BCUT2D eigenvalue weighted by atomic mass is 9.92. The molecule has 2 atom stereocenters. The van der Waals surface area contributed by atoms with Crippen LogP contribution in [0.15, 0.2) is 22.7 Å². The number of rotatable bonds is 7. The van der Waals surface area contributed by atoms with Crippen molar-refractivity contribution in [3.05, 3.63) is 33.3 Å². The zero-order valence-corrected chi connectivity index (χ0v) is 13.5. The third kappa shape index (κ3) is 4.54. The molecule has 0 saturated carbocycles. The minimum atomic E-state index is 0.332. The summed E-state index contributed by atoms with van der Waals surface area (Å²) in [5.74, 6) is 0.512. The van der Waals surface area contributed by atoms with E-state index in [0.29, 0.717) is 12.0 Å². The van der Waals surface area contributed by atoms with Gasteiger partial charge in [0.15, 0.2) is 0 Å². The van der Waals surface area contributed by atoms with E-state index in [9.17, 15) is 0 Å². The summed E-state index contributed by atoms with van der Waals surface area (Å²) in [4.78, 5) is 0. The molecule has 0 aliphatic carbocycles. The van der Waals surface area contributed by atoms with E-state index in [-0.39, 0.29) is 0 Å². The lowest BCUT2D eigenvalue weighted by molar-refractivity contribution is 0.170. The van der Waals surface area contributed by atoms with Crippen molar-refractivity contribution in [3.8, 4) is 0 Å². The summed E-state index contributed by atoms with van der Waals surface area (Å²) < 4.78 is 6.11. The van der Waals surface area contributed by atoms with Crippen molar-refractivity contribution >= 4 is 27.5 Å². The number of halogens is 2. The first-order chi connectivity index (χ1) is 8.60. The van der Waals surface area contributed by atoms with Gasteiger partial charge in [-0.3, -0.25) is 0 Å². The Morgan fingerprint density at radius 1 is 1.44 bits per heavy atom. The van der Waals surface area contributed by atoms with Crippen LogP contribution in [0.2, 0.25) is 5.02 Å². The zero-order valence-electron chi connectivity index (χ0n) is 11.2. The summed E-state index contributed by atoms with van der Waals surface area (Å²) in [5.41, 5.74) is 1.26. The fourth-order valence-electron chi connectivity index (χ4n) is 2.04. The van der Waals surface area contributed by atoms with Gasteiger partial charge in [0.05, 0.1) is 5.02 Å². The molecule has 1 N–H and O–H groups in total. The molecule has 102 valence electrons. The standard InChI is InChI=1S/C14H21BrClNO/c1-4-17-14(10(2)7-8-18-3)11-5-6-13(16)12(15)9-11/h5-6,9-10,14,17H,4,7-8H2,1-3H3. The van der Waals surface area contributed by atoms with Crippen LogP contribution in [-0.4, -0.2) is 20.3 Å². The molecule has 2 nitrogen and oxygen atoms in total. The molecule has 2 unspecified atom stereocenters. The van der Waals surface area contributed by atoms with Crippen LogP contribution < -0.4 is 5.32 Å². The fourth-order valence-corrected chi connectivity index (χ4v) is 2.56. The van der Waals surface area contributed by atoms with Gasteiger partial charge < -0.3 is 10.1 Å². The van der Waals surface area contributed by atoms with E-state index in [1.54, 1.807) is 7.11 Å². The molecule has 0 saturated heterocycles. The Morgan fingerprint density at radius 2 is 2.17 bits per heavy atom. The SMILES string of the molecule is CCNC(c1ccc(Cl)c(Br)c1)C(C)CCOC. The Balaban J connectivity index is 2.85. The van der Waals surface area contributed by atoms with Crippen molar-refractivity contribution in [3.63, 3.8) is 0 Å². The van der Waals surface area contributed by atoms with Crippen molar-refractivity contribution in [2.45, 2.75) is 26.3 Å². The first kappa shape index (κ1) is 16.0. The predicted molar refractivity (Wildman–Crippen MR) is 81.2 cm³/mol. The summed E-state index contributed by atoms with van der Waals surface area (Å²) in [5, 5.41) is 4.28. The summed E-state index contributed by atoms with van der Waals surface area (Å²) in [6.07, 6.45) is 1.04. The summed E-state index contributed by atoms with van der Waals surface area (Å²) in [6, 6.07) is 6.45. The van der Waals surface area contributed by atoms with Gasteiger partial charge in [-0.05, 0) is 52.5 Å². The van der Waals surface area contributed by atoms with Gasteiger partial charge in [-0.15, -0.1) is 0 Å². The molecule has 0 aromatic heterocycles. The third-order valence-electron chi connectivity index (χ3n) is 3.07. The highest BCUT2D eigenvalue weighted by Crippen LogP contribution is 2.30. The van der Waals surface area contributed by atoms with Crippen molar-refractivity contribution in [1.29, 1.82) is 0 Å². The van der Waals surface area contributed by atoms with Crippen molar-refractivity contribution in [2.75, 3.05) is 20.3 Å². The predicted octanol–water partition coefficient (Wildman–Crippen LogP) is 4.43. The van der Waals surface area contributed by atoms with Gasteiger partial charge in [0.25, 0.3) is 0 Å². The van der Waals surface area contributed by atoms with Gasteiger partial charge in [0.1, 0.15) is 0 Å². The van der Waals surface area contributed by atoms with Crippen LogP contribution in [0.3, 0.4) is 0 Å². The van der Waals surface area contributed by atoms with Crippen LogP contribution in [0.25, 0.3) is 0 Å². The quantitative estimate of drug-likeness (QED) is 0.796. The Hall–Kier alpha value is -0.0900. The molecular weight excluding hydrogens is 314 g/mol. The van der Waals surface area contributed by atoms with Crippen molar-refractivity contribution < 1.29 is 4.74 Å². The van der Waals surface area contributed by atoms with E-state index in [2.05, 4.69) is 47.2 Å². The number of benzene rings is 1. The van der Waals surface area contributed by atoms with Crippen LogP contribution in [-0.2, 0) is 4.74 Å². The second kappa shape index (κ2) is 8.16. The van der Waals surface area contributed by atoms with E-state index >= 15 is 0 Å². The maximum atomic E-state index is 6.04. The van der Waals surface area contributed by atoms with E-state index in [4.69, 9.17) is 16.3 Å². The molecule has 4 heteroatoms. The van der Waals surface area contributed by atoms with Crippen LogP contribution in [0.1, 0.15) is 31.9 Å². The minimum absolute atomic E-state index is 0.332. The minimum Gasteiger partial charge on any atom is -0.385 e. The summed E-state index contributed by atoms with van der Waals surface area (Å²) >= 11 is 9.52. The number of nitrogens with one attached hydrogen (secondary N) is 1. The van der Waals surface area contributed by atoms with E-state index in [0.717, 1.165) is 29.1 Å². The molecule has 0 heterocycles. The summed E-state index contributed by atoms with van der Waals surface area (Å²) in [7, 11) is 1.74. The first-order valence-electron chi connectivity index (χ1n) is 6.27. The molecule has 1 aromatic carbocycles. The lowest BCUT2D eigenvalue weighted by Crippen LogP contribution is -2.27. The molecule has 0 aliphatic rings. The van der Waals surface area contributed by atoms with Gasteiger partial charge in [-0.2, -0.15) is 0 Å². The maximum absolute atomic E-state index is 6.04. The number of ether oxygens (including phenoxy) is 1. The average molecular weight is 335 g/mol. The molecule has 0 aliphatic heterocycles. The van der Waals surface area contributed by atoms with Crippen LogP contribution in [0.5, 0.6) is 0 Å². The highest BCUT2D eigenvalue weighted by molar-refractivity contribution is 9.10.